The van der Waals surface area contributed by atoms with Gasteiger partial charge in [0.1, 0.15) is 10.8 Å². The first-order valence-corrected chi connectivity index (χ1v) is 7.06. The Hall–Kier alpha value is -1.41. The van der Waals surface area contributed by atoms with Gasteiger partial charge in [-0.3, -0.25) is 4.98 Å². The molecule has 0 fully saturated rings. The second kappa shape index (κ2) is 4.11. The van der Waals surface area contributed by atoms with E-state index in [0.717, 1.165) is 18.5 Å². The molecule has 2 aromatic rings. The maximum Gasteiger partial charge on any atom is 0.243 e. The third-order valence-electron chi connectivity index (χ3n) is 1.85. The number of nitrogens with zero attached hydrogens (tertiary/aromatic N) is 2. The number of aromatic nitrogens is 2. The maximum atomic E-state index is 13.3. The first kappa shape index (κ1) is 12.1. The molecule has 0 aliphatic rings. The summed E-state index contributed by atoms with van der Waals surface area (Å²) >= 11 is 0.647. The van der Waals surface area contributed by atoms with Crippen LogP contribution in [-0.4, -0.2) is 24.6 Å². The predicted octanol–water partition coefficient (Wildman–Crippen LogP) is 1.89. The first-order chi connectivity index (χ1) is 7.88. The molecule has 0 saturated heterocycles. The highest BCUT2D eigenvalue weighted by atomic mass is 32.2. The summed E-state index contributed by atoms with van der Waals surface area (Å²) < 4.78 is 48.1. The van der Waals surface area contributed by atoms with E-state index in [0.29, 0.717) is 11.3 Å². The van der Waals surface area contributed by atoms with Gasteiger partial charge in [-0.2, -0.15) is 4.39 Å². The molecule has 0 aliphatic heterocycles. The highest BCUT2D eigenvalue weighted by Gasteiger charge is 2.20. The van der Waals surface area contributed by atoms with Gasteiger partial charge in [0.15, 0.2) is 14.0 Å². The summed E-state index contributed by atoms with van der Waals surface area (Å²) in [6.45, 7) is 0. The van der Waals surface area contributed by atoms with Gasteiger partial charge in [0.25, 0.3) is 0 Å². The second-order valence-electron chi connectivity index (χ2n) is 3.26. The summed E-state index contributed by atoms with van der Waals surface area (Å²) in [5.74, 6) is -1.67. The van der Waals surface area contributed by atoms with Crippen molar-refractivity contribution in [2.75, 3.05) is 6.26 Å². The van der Waals surface area contributed by atoms with Gasteiger partial charge < -0.3 is 0 Å². The van der Waals surface area contributed by atoms with Gasteiger partial charge in [-0.05, 0) is 6.07 Å². The van der Waals surface area contributed by atoms with Gasteiger partial charge in [0.05, 0.1) is 6.20 Å². The van der Waals surface area contributed by atoms with Crippen LogP contribution < -0.4 is 0 Å². The Bertz CT molecular complexity index is 667. The van der Waals surface area contributed by atoms with E-state index in [9.17, 15) is 17.2 Å². The number of sulfone groups is 1. The van der Waals surface area contributed by atoms with Crippen molar-refractivity contribution < 1.29 is 17.2 Å². The smallest absolute Gasteiger partial charge is 0.243 e. The minimum absolute atomic E-state index is 0.0786. The first-order valence-electron chi connectivity index (χ1n) is 4.35. The lowest BCUT2D eigenvalue weighted by molar-refractivity contribution is 0.555. The Labute approximate surface area is 99.9 Å². The van der Waals surface area contributed by atoms with Crippen LogP contribution in [0.15, 0.2) is 22.7 Å². The minimum Gasteiger partial charge on any atom is -0.261 e. The number of hydrogen-bond donors (Lipinski definition) is 0. The molecule has 0 aromatic carbocycles. The second-order valence-corrected chi connectivity index (χ2v) is 6.47. The average molecular weight is 276 g/mol. The Morgan fingerprint density at radius 3 is 2.53 bits per heavy atom. The van der Waals surface area contributed by atoms with Crippen molar-refractivity contribution in [3.8, 4) is 10.6 Å². The van der Waals surface area contributed by atoms with E-state index in [4.69, 9.17) is 0 Å². The van der Waals surface area contributed by atoms with Crippen LogP contribution in [0.4, 0.5) is 8.78 Å². The molecule has 0 N–H and O–H groups in total. The third kappa shape index (κ3) is 2.47. The Balaban J connectivity index is 2.56. The number of pyridine rings is 1. The number of thiazole rings is 1. The molecular weight excluding hydrogens is 270 g/mol. The highest BCUT2D eigenvalue weighted by Crippen LogP contribution is 2.30. The van der Waals surface area contributed by atoms with Crippen molar-refractivity contribution in [2.24, 2.45) is 0 Å². The zero-order valence-electron chi connectivity index (χ0n) is 8.52. The van der Waals surface area contributed by atoms with Crippen LogP contribution in [0, 0.1) is 11.8 Å². The summed E-state index contributed by atoms with van der Waals surface area (Å²) in [4.78, 5) is 7.04. The Morgan fingerprint density at radius 1 is 1.29 bits per heavy atom. The normalized spacial score (nSPS) is 11.7. The molecule has 8 heteroatoms. The molecule has 2 rings (SSSR count). The van der Waals surface area contributed by atoms with Gasteiger partial charge in [-0.25, -0.2) is 17.8 Å². The van der Waals surface area contributed by atoms with Crippen molar-refractivity contribution in [1.29, 1.82) is 0 Å². The Kier molecular flexibility index (Phi) is 2.92. The van der Waals surface area contributed by atoms with Crippen LogP contribution in [0.25, 0.3) is 10.6 Å². The third-order valence-corrected chi connectivity index (χ3v) is 4.72. The monoisotopic (exact) mass is 276 g/mol. The molecule has 90 valence electrons. The topological polar surface area (TPSA) is 59.9 Å². The summed E-state index contributed by atoms with van der Waals surface area (Å²) in [5.41, 5.74) is 0.240. The van der Waals surface area contributed by atoms with E-state index in [2.05, 4.69) is 9.97 Å². The number of rotatable bonds is 2. The molecule has 0 spiro atoms. The van der Waals surface area contributed by atoms with Gasteiger partial charge in [0.2, 0.25) is 5.95 Å². The van der Waals surface area contributed by atoms with Gasteiger partial charge in [-0.1, -0.05) is 11.3 Å². The van der Waals surface area contributed by atoms with Crippen LogP contribution in [0.3, 0.4) is 0 Å². The van der Waals surface area contributed by atoms with Gasteiger partial charge in [0, 0.05) is 18.0 Å². The standard InChI is InChI=1S/C9H6F2N2O2S2/c1-17(14,15)9-7(11)13-8(16-9)5-2-6(10)4-12-3-5/h2-4H,1H3. The van der Waals surface area contributed by atoms with E-state index in [1.165, 1.54) is 6.20 Å². The van der Waals surface area contributed by atoms with E-state index < -0.39 is 25.8 Å². The highest BCUT2D eigenvalue weighted by molar-refractivity contribution is 7.92. The zero-order valence-corrected chi connectivity index (χ0v) is 10.1. The number of halogens is 2. The molecule has 2 aromatic heterocycles. The van der Waals surface area contributed by atoms with E-state index in [1.807, 2.05) is 0 Å². The van der Waals surface area contributed by atoms with Gasteiger partial charge in [-0.15, -0.1) is 0 Å². The van der Waals surface area contributed by atoms with Crippen LogP contribution >= 0.6 is 11.3 Å². The Morgan fingerprint density at radius 2 is 2.00 bits per heavy atom. The zero-order chi connectivity index (χ0) is 12.6. The summed E-state index contributed by atoms with van der Waals surface area (Å²) in [7, 11) is -3.66. The van der Waals surface area contributed by atoms with Crippen LogP contribution in [0.5, 0.6) is 0 Å². The molecule has 0 amide bonds. The lowest BCUT2D eigenvalue weighted by Crippen LogP contribution is -1.96. The van der Waals surface area contributed by atoms with E-state index in [-0.39, 0.29) is 10.6 Å². The lowest BCUT2D eigenvalue weighted by atomic mass is 10.3. The molecule has 0 atom stereocenters. The van der Waals surface area contributed by atoms with Gasteiger partial charge >= 0.3 is 0 Å². The van der Waals surface area contributed by atoms with Crippen LogP contribution in [-0.2, 0) is 9.84 Å². The molecule has 0 radical (unpaired) electrons. The van der Waals surface area contributed by atoms with E-state index in [1.54, 1.807) is 0 Å². The predicted molar refractivity (Wildman–Crippen MR) is 58.4 cm³/mol. The fourth-order valence-electron chi connectivity index (χ4n) is 1.17. The largest absolute Gasteiger partial charge is 0.261 e. The molecule has 4 nitrogen and oxygen atoms in total. The quantitative estimate of drug-likeness (QED) is 0.840. The minimum atomic E-state index is -3.66. The maximum absolute atomic E-state index is 13.3. The van der Waals surface area contributed by atoms with E-state index >= 15 is 0 Å². The van der Waals surface area contributed by atoms with Crippen molar-refractivity contribution in [1.82, 2.24) is 9.97 Å². The van der Waals surface area contributed by atoms with Crippen molar-refractivity contribution in [2.45, 2.75) is 4.21 Å². The van der Waals surface area contributed by atoms with Crippen LogP contribution in [0.2, 0.25) is 0 Å². The lowest BCUT2D eigenvalue weighted by Gasteiger charge is -1.93. The molecule has 17 heavy (non-hydrogen) atoms. The molecule has 2 heterocycles. The van der Waals surface area contributed by atoms with Crippen molar-refractivity contribution >= 4 is 21.2 Å². The average Bonchev–Trinajstić information content (AvgIpc) is 2.60. The molecule has 0 saturated carbocycles. The number of hydrogen-bond acceptors (Lipinski definition) is 5. The fourth-order valence-corrected chi connectivity index (χ4v) is 3.02. The molecule has 0 unspecified atom stereocenters. The summed E-state index contributed by atoms with van der Waals surface area (Å²) in [5, 5.41) is 0.0786. The van der Waals surface area contributed by atoms with Crippen molar-refractivity contribution in [3.05, 3.63) is 30.2 Å². The summed E-state index contributed by atoms with van der Waals surface area (Å²) in [6.07, 6.45) is 3.16. The molecular formula is C9H6F2N2O2S2. The molecule has 0 bridgehead atoms. The fraction of sp³-hybridized carbons (Fsp3) is 0.111. The molecule has 0 aliphatic carbocycles. The summed E-state index contributed by atoms with van der Waals surface area (Å²) in [6, 6.07) is 1.11. The van der Waals surface area contributed by atoms with Crippen molar-refractivity contribution in [3.63, 3.8) is 0 Å². The van der Waals surface area contributed by atoms with Crippen LogP contribution in [0.1, 0.15) is 0 Å². The SMILES string of the molecule is CS(=O)(=O)c1sc(-c2cncc(F)c2)nc1F.